The molecule has 0 N–H and O–H groups in total. The summed E-state index contributed by atoms with van der Waals surface area (Å²) in [4.78, 5) is 16.9. The van der Waals surface area contributed by atoms with Gasteiger partial charge in [-0.3, -0.25) is 9.20 Å². The molecular weight excluding hydrogens is 308 g/mol. The van der Waals surface area contributed by atoms with Gasteiger partial charge >= 0.3 is 0 Å². The lowest BCUT2D eigenvalue weighted by molar-refractivity contribution is 0.0994. The largest absolute Gasteiger partial charge is 0.293 e. The summed E-state index contributed by atoms with van der Waals surface area (Å²) in [7, 11) is 0. The number of rotatable bonds is 4. The quantitative estimate of drug-likeness (QED) is 0.543. The van der Waals surface area contributed by atoms with Crippen molar-refractivity contribution in [3.63, 3.8) is 0 Å². The first-order valence-electron chi connectivity index (χ1n) is 7.42. The van der Waals surface area contributed by atoms with E-state index in [0.717, 1.165) is 22.5 Å². The monoisotopic (exact) mass is 326 g/mol. The van der Waals surface area contributed by atoms with Crippen molar-refractivity contribution in [3.8, 4) is 0 Å². The van der Waals surface area contributed by atoms with Crippen molar-refractivity contribution < 1.29 is 4.79 Å². The Balaban J connectivity index is 1.87. The molecule has 0 aliphatic carbocycles. The maximum Gasteiger partial charge on any atom is 0.256 e. The first-order valence-corrected chi connectivity index (χ1v) is 8.30. The minimum absolute atomic E-state index is 0.0875. The van der Waals surface area contributed by atoms with E-state index in [4.69, 9.17) is 0 Å². The van der Waals surface area contributed by atoms with Gasteiger partial charge < -0.3 is 0 Å². The van der Waals surface area contributed by atoms with Gasteiger partial charge in [-0.15, -0.1) is 10.2 Å². The molecule has 2 heterocycles. The predicted octanol–water partition coefficient (Wildman–Crippen LogP) is 3.41. The number of thioether (sulfide) groups is 1. The van der Waals surface area contributed by atoms with Crippen LogP contribution in [0.3, 0.4) is 0 Å². The number of Topliss-reactive ketones (excluding diaryl/α,β-unsaturated/α-hetero) is 1. The van der Waals surface area contributed by atoms with Crippen LogP contribution in [0.1, 0.15) is 34.2 Å². The van der Waals surface area contributed by atoms with Crippen LogP contribution in [-0.4, -0.2) is 30.6 Å². The van der Waals surface area contributed by atoms with Crippen LogP contribution in [0.5, 0.6) is 0 Å². The fourth-order valence-electron chi connectivity index (χ4n) is 2.44. The van der Waals surface area contributed by atoms with Gasteiger partial charge in [0.05, 0.1) is 5.25 Å². The van der Waals surface area contributed by atoms with Gasteiger partial charge in [0, 0.05) is 17.0 Å². The van der Waals surface area contributed by atoms with Crippen LogP contribution >= 0.6 is 11.8 Å². The number of hydrogen-bond acceptors (Lipinski definition) is 5. The molecule has 1 aromatic carbocycles. The standard InChI is InChI=1S/C17H18N4OS/c1-10-5-7-14(8-6-10)15(22)13(4)23-17-20-19-16-18-11(2)9-12(3)21(16)17/h5-9,13H,1-4H3/t13-/m1/s1. The maximum absolute atomic E-state index is 12.6. The van der Waals surface area contributed by atoms with Gasteiger partial charge in [0.15, 0.2) is 10.9 Å². The third kappa shape index (κ3) is 3.12. The van der Waals surface area contributed by atoms with E-state index in [1.54, 1.807) is 0 Å². The van der Waals surface area contributed by atoms with Gasteiger partial charge in [-0.2, -0.15) is 0 Å². The van der Waals surface area contributed by atoms with Crippen LogP contribution < -0.4 is 0 Å². The van der Waals surface area contributed by atoms with Crippen LogP contribution in [-0.2, 0) is 0 Å². The SMILES string of the molecule is Cc1ccc(C(=O)[C@@H](C)Sc2nnc3nc(C)cc(C)n23)cc1. The molecule has 5 nitrogen and oxygen atoms in total. The summed E-state index contributed by atoms with van der Waals surface area (Å²) in [6, 6.07) is 9.62. The smallest absolute Gasteiger partial charge is 0.256 e. The fraction of sp³-hybridized carbons (Fsp3) is 0.294. The number of ketones is 1. The lowest BCUT2D eigenvalue weighted by Crippen LogP contribution is -2.14. The molecule has 0 radical (unpaired) electrons. The summed E-state index contributed by atoms with van der Waals surface area (Å²) >= 11 is 1.41. The van der Waals surface area contributed by atoms with Crippen molar-refractivity contribution in [1.82, 2.24) is 19.6 Å². The van der Waals surface area contributed by atoms with E-state index < -0.39 is 0 Å². The van der Waals surface area contributed by atoms with Crippen LogP contribution in [0.4, 0.5) is 0 Å². The number of nitrogens with zero attached hydrogens (tertiary/aromatic N) is 4. The highest BCUT2D eigenvalue weighted by molar-refractivity contribution is 8.00. The van der Waals surface area contributed by atoms with Crippen molar-refractivity contribution >= 4 is 23.3 Å². The van der Waals surface area contributed by atoms with E-state index >= 15 is 0 Å². The Hall–Kier alpha value is -2.21. The minimum Gasteiger partial charge on any atom is -0.293 e. The summed E-state index contributed by atoms with van der Waals surface area (Å²) in [5.74, 6) is 0.657. The number of hydrogen-bond donors (Lipinski definition) is 0. The highest BCUT2D eigenvalue weighted by Crippen LogP contribution is 2.25. The van der Waals surface area contributed by atoms with E-state index in [0.29, 0.717) is 10.9 Å². The first-order chi connectivity index (χ1) is 11.0. The molecular formula is C17H18N4OS. The minimum atomic E-state index is -0.245. The Morgan fingerprint density at radius 1 is 1.13 bits per heavy atom. The lowest BCUT2D eigenvalue weighted by Gasteiger charge is -2.10. The van der Waals surface area contributed by atoms with Crippen LogP contribution in [0.15, 0.2) is 35.5 Å². The summed E-state index contributed by atoms with van der Waals surface area (Å²) in [5, 5.41) is 8.74. The van der Waals surface area contributed by atoms with Crippen molar-refractivity contribution in [2.75, 3.05) is 0 Å². The first kappa shape index (κ1) is 15.7. The van der Waals surface area contributed by atoms with Gasteiger partial charge in [0.2, 0.25) is 0 Å². The van der Waals surface area contributed by atoms with Gasteiger partial charge in [-0.1, -0.05) is 41.6 Å². The molecule has 3 rings (SSSR count). The predicted molar refractivity (Wildman–Crippen MR) is 91.1 cm³/mol. The average molecular weight is 326 g/mol. The molecule has 0 fully saturated rings. The number of aryl methyl sites for hydroxylation is 3. The second-order valence-corrected chi connectivity index (χ2v) is 6.96. The van der Waals surface area contributed by atoms with Gasteiger partial charge in [-0.25, -0.2) is 4.98 Å². The molecule has 1 atom stereocenters. The molecule has 0 saturated carbocycles. The van der Waals surface area contributed by atoms with E-state index in [-0.39, 0.29) is 11.0 Å². The number of carbonyl (C=O) groups excluding carboxylic acids is 1. The highest BCUT2D eigenvalue weighted by Gasteiger charge is 2.20. The topological polar surface area (TPSA) is 60.2 Å². The molecule has 0 aliphatic heterocycles. The molecule has 23 heavy (non-hydrogen) atoms. The summed E-state index contributed by atoms with van der Waals surface area (Å²) in [5.41, 5.74) is 3.77. The lowest BCUT2D eigenvalue weighted by atomic mass is 10.1. The second kappa shape index (κ2) is 6.12. The Labute approximate surface area is 139 Å². The summed E-state index contributed by atoms with van der Waals surface area (Å²) in [6.45, 7) is 7.82. The normalized spacial score (nSPS) is 12.5. The zero-order valence-corrected chi connectivity index (χ0v) is 14.4. The van der Waals surface area contributed by atoms with E-state index in [9.17, 15) is 4.79 Å². The van der Waals surface area contributed by atoms with Gasteiger partial charge in [-0.05, 0) is 33.8 Å². The molecule has 0 spiro atoms. The molecule has 0 saturated heterocycles. The summed E-state index contributed by atoms with van der Waals surface area (Å²) < 4.78 is 1.89. The Morgan fingerprint density at radius 3 is 2.52 bits per heavy atom. The van der Waals surface area contributed by atoms with Crippen LogP contribution in [0.2, 0.25) is 0 Å². The molecule has 0 bridgehead atoms. The fourth-order valence-corrected chi connectivity index (χ4v) is 3.42. The van der Waals surface area contributed by atoms with Crippen molar-refractivity contribution in [2.45, 2.75) is 38.1 Å². The molecule has 2 aromatic heterocycles. The average Bonchev–Trinajstić information content (AvgIpc) is 2.90. The molecule has 0 aliphatic rings. The van der Waals surface area contributed by atoms with Crippen molar-refractivity contribution in [1.29, 1.82) is 0 Å². The molecule has 0 unspecified atom stereocenters. The molecule has 118 valence electrons. The highest BCUT2D eigenvalue weighted by atomic mass is 32.2. The van der Waals surface area contributed by atoms with E-state index in [1.165, 1.54) is 11.8 Å². The maximum atomic E-state index is 12.6. The van der Waals surface area contributed by atoms with E-state index in [1.807, 2.05) is 62.4 Å². The Kier molecular flexibility index (Phi) is 4.17. The van der Waals surface area contributed by atoms with Crippen LogP contribution in [0, 0.1) is 20.8 Å². The molecule has 0 amide bonds. The van der Waals surface area contributed by atoms with Crippen LogP contribution in [0.25, 0.3) is 5.78 Å². The number of benzene rings is 1. The molecule has 3 aromatic rings. The summed E-state index contributed by atoms with van der Waals surface area (Å²) in [6.07, 6.45) is 0. The number of aromatic nitrogens is 4. The van der Waals surface area contributed by atoms with Crippen molar-refractivity contribution in [2.24, 2.45) is 0 Å². The van der Waals surface area contributed by atoms with Gasteiger partial charge in [0.25, 0.3) is 5.78 Å². The second-order valence-electron chi connectivity index (χ2n) is 5.65. The van der Waals surface area contributed by atoms with Gasteiger partial charge in [0.1, 0.15) is 0 Å². The molecule has 6 heteroatoms. The zero-order valence-electron chi connectivity index (χ0n) is 13.6. The Morgan fingerprint density at radius 2 is 1.83 bits per heavy atom. The zero-order chi connectivity index (χ0) is 16.6. The Bertz CT molecular complexity index is 870. The van der Waals surface area contributed by atoms with E-state index in [2.05, 4.69) is 15.2 Å². The third-order valence-corrected chi connectivity index (χ3v) is 4.69. The third-order valence-electron chi connectivity index (χ3n) is 3.65. The number of fused-ring (bicyclic) bond motifs is 1. The van der Waals surface area contributed by atoms with Crippen molar-refractivity contribution in [3.05, 3.63) is 52.8 Å². The number of carbonyl (C=O) groups is 1.